The number of amides is 1. The first-order valence-corrected chi connectivity index (χ1v) is 8.94. The molecule has 1 amide bonds. The molecule has 0 radical (unpaired) electrons. The molecule has 0 saturated heterocycles. The van der Waals surface area contributed by atoms with E-state index >= 15 is 0 Å². The van der Waals surface area contributed by atoms with Crippen molar-refractivity contribution in [1.82, 2.24) is 5.32 Å². The van der Waals surface area contributed by atoms with E-state index in [4.69, 9.17) is 16.3 Å². The van der Waals surface area contributed by atoms with Crippen molar-refractivity contribution in [3.63, 3.8) is 0 Å². The first-order valence-electron chi connectivity index (χ1n) is 8.56. The number of hydrogen-bond donors (Lipinski definition) is 2. The van der Waals surface area contributed by atoms with Gasteiger partial charge in [0.05, 0.1) is 6.61 Å². The third-order valence-electron chi connectivity index (χ3n) is 4.66. The molecule has 0 fully saturated rings. The molecule has 0 saturated carbocycles. The third-order valence-corrected chi connectivity index (χ3v) is 4.90. The Morgan fingerprint density at radius 3 is 2.92 bits per heavy atom. The van der Waals surface area contributed by atoms with Crippen molar-refractivity contribution in [2.24, 2.45) is 0 Å². The molecule has 2 unspecified atom stereocenters. The van der Waals surface area contributed by atoms with Crippen molar-refractivity contribution < 1.29 is 14.6 Å². The van der Waals surface area contributed by atoms with Crippen molar-refractivity contribution in [1.29, 1.82) is 0 Å². The Bertz CT molecular complexity index is 762. The van der Waals surface area contributed by atoms with Gasteiger partial charge in [-0.25, -0.2) is 4.79 Å². The maximum atomic E-state index is 11.9. The van der Waals surface area contributed by atoms with E-state index in [-0.39, 0.29) is 17.7 Å². The molecule has 0 spiro atoms. The molecule has 0 bridgehead atoms. The maximum absolute atomic E-state index is 11.9. The number of benzene rings is 2. The summed E-state index contributed by atoms with van der Waals surface area (Å²) in [5, 5.41) is 13.6. The Kier molecular flexibility index (Phi) is 5.49. The zero-order valence-electron chi connectivity index (χ0n) is 14.2. The SMILES string of the molecule is CCOC(=O)NC1CCc2ccc(O)cc2C1Cc1cccc(Cl)c1. The van der Waals surface area contributed by atoms with Gasteiger partial charge in [0.1, 0.15) is 5.75 Å². The molecule has 3 rings (SSSR count). The quantitative estimate of drug-likeness (QED) is 0.848. The van der Waals surface area contributed by atoms with Gasteiger partial charge in [0.2, 0.25) is 0 Å². The van der Waals surface area contributed by atoms with Crippen molar-refractivity contribution in [2.75, 3.05) is 6.61 Å². The smallest absolute Gasteiger partial charge is 0.407 e. The first-order chi connectivity index (χ1) is 12.1. The fourth-order valence-corrected chi connectivity index (χ4v) is 3.76. The molecule has 2 aromatic rings. The van der Waals surface area contributed by atoms with Crippen LogP contribution in [0.2, 0.25) is 5.02 Å². The number of phenols is 1. The van der Waals surface area contributed by atoms with Crippen LogP contribution in [0.5, 0.6) is 5.75 Å². The highest BCUT2D eigenvalue weighted by Gasteiger charge is 2.31. The summed E-state index contributed by atoms with van der Waals surface area (Å²) in [6.07, 6.45) is 2.03. The number of aryl methyl sites for hydroxylation is 1. The Balaban J connectivity index is 1.91. The van der Waals surface area contributed by atoms with Gasteiger partial charge in [-0.3, -0.25) is 0 Å². The molecule has 5 heteroatoms. The number of aromatic hydroxyl groups is 1. The maximum Gasteiger partial charge on any atom is 0.407 e. The summed E-state index contributed by atoms with van der Waals surface area (Å²) in [7, 11) is 0. The van der Waals surface area contributed by atoms with Gasteiger partial charge >= 0.3 is 6.09 Å². The minimum absolute atomic E-state index is 0.0488. The van der Waals surface area contributed by atoms with Crippen molar-refractivity contribution >= 4 is 17.7 Å². The number of carbonyl (C=O) groups excluding carboxylic acids is 1. The number of rotatable bonds is 4. The van der Waals surface area contributed by atoms with Crippen molar-refractivity contribution in [3.8, 4) is 5.75 Å². The lowest BCUT2D eigenvalue weighted by molar-refractivity contribution is 0.144. The summed E-state index contributed by atoms with van der Waals surface area (Å²) in [4.78, 5) is 11.9. The molecule has 0 aliphatic heterocycles. The third kappa shape index (κ3) is 4.26. The lowest BCUT2D eigenvalue weighted by Crippen LogP contribution is -2.42. The molecule has 1 aliphatic rings. The fourth-order valence-electron chi connectivity index (χ4n) is 3.55. The van der Waals surface area contributed by atoms with E-state index < -0.39 is 6.09 Å². The largest absolute Gasteiger partial charge is 0.508 e. The first kappa shape index (κ1) is 17.6. The van der Waals surface area contributed by atoms with Gasteiger partial charge in [0, 0.05) is 17.0 Å². The molecule has 0 aromatic heterocycles. The van der Waals surface area contributed by atoms with E-state index in [9.17, 15) is 9.90 Å². The van der Waals surface area contributed by atoms with E-state index in [0.29, 0.717) is 11.6 Å². The lowest BCUT2D eigenvalue weighted by Gasteiger charge is -2.34. The monoisotopic (exact) mass is 359 g/mol. The predicted octanol–water partition coefficient (Wildman–Crippen LogP) is 4.43. The molecule has 132 valence electrons. The van der Waals surface area contributed by atoms with Crippen LogP contribution < -0.4 is 5.32 Å². The van der Waals surface area contributed by atoms with Crippen LogP contribution in [-0.2, 0) is 17.6 Å². The van der Waals surface area contributed by atoms with Gasteiger partial charge in [-0.05, 0) is 67.1 Å². The van der Waals surface area contributed by atoms with Gasteiger partial charge in [0.25, 0.3) is 0 Å². The van der Waals surface area contributed by atoms with Crippen LogP contribution in [0.4, 0.5) is 4.79 Å². The van der Waals surface area contributed by atoms with E-state index in [1.165, 1.54) is 5.56 Å². The summed E-state index contributed by atoms with van der Waals surface area (Å²) in [6.45, 7) is 2.13. The van der Waals surface area contributed by atoms with Crippen LogP contribution in [0, 0.1) is 0 Å². The van der Waals surface area contributed by atoms with Gasteiger partial charge in [-0.1, -0.05) is 29.8 Å². The summed E-state index contributed by atoms with van der Waals surface area (Å²) in [5.74, 6) is 0.297. The average molecular weight is 360 g/mol. The number of hydrogen-bond acceptors (Lipinski definition) is 3. The number of phenolic OH excluding ortho intramolecular Hbond substituents is 1. The molecule has 4 nitrogen and oxygen atoms in total. The van der Waals surface area contributed by atoms with Crippen LogP contribution in [-0.4, -0.2) is 23.8 Å². The molecular weight excluding hydrogens is 338 g/mol. The van der Waals surface area contributed by atoms with Crippen LogP contribution in [0.3, 0.4) is 0 Å². The summed E-state index contributed by atoms with van der Waals surface area (Å²) >= 11 is 6.12. The molecule has 2 N–H and O–H groups in total. The number of halogens is 1. The highest BCUT2D eigenvalue weighted by molar-refractivity contribution is 6.30. The van der Waals surface area contributed by atoms with E-state index in [1.54, 1.807) is 13.0 Å². The fraction of sp³-hybridized carbons (Fsp3) is 0.350. The summed E-state index contributed by atoms with van der Waals surface area (Å²) in [6, 6.07) is 13.2. The number of alkyl carbamates (subject to hydrolysis) is 1. The number of ether oxygens (including phenoxy) is 1. The van der Waals surface area contributed by atoms with E-state index in [1.807, 2.05) is 36.4 Å². The van der Waals surface area contributed by atoms with Crippen LogP contribution >= 0.6 is 11.6 Å². The zero-order valence-corrected chi connectivity index (χ0v) is 14.9. The van der Waals surface area contributed by atoms with Crippen LogP contribution in [0.1, 0.15) is 36.0 Å². The standard InChI is InChI=1S/C20H22ClNO3/c1-2-25-20(24)22-19-9-7-14-6-8-16(23)12-17(14)18(19)11-13-4-3-5-15(21)10-13/h3-6,8,10,12,18-19,23H,2,7,9,11H2,1H3,(H,22,24). The van der Waals surface area contributed by atoms with Gasteiger partial charge in [0.15, 0.2) is 0 Å². The topological polar surface area (TPSA) is 58.6 Å². The molecular formula is C20H22ClNO3. The van der Waals surface area contributed by atoms with Gasteiger partial charge in [-0.15, -0.1) is 0 Å². The van der Waals surface area contributed by atoms with Gasteiger partial charge < -0.3 is 15.2 Å². The second kappa shape index (κ2) is 7.79. The van der Waals surface area contributed by atoms with Crippen LogP contribution in [0.25, 0.3) is 0 Å². The molecule has 1 aliphatic carbocycles. The Morgan fingerprint density at radius 1 is 1.32 bits per heavy atom. The molecule has 25 heavy (non-hydrogen) atoms. The summed E-state index contributed by atoms with van der Waals surface area (Å²) in [5.41, 5.74) is 3.39. The average Bonchev–Trinajstić information content (AvgIpc) is 2.57. The molecule has 2 aromatic carbocycles. The minimum atomic E-state index is -0.396. The molecule has 2 atom stereocenters. The van der Waals surface area contributed by atoms with Crippen LogP contribution in [0.15, 0.2) is 42.5 Å². The predicted molar refractivity (Wildman–Crippen MR) is 98.3 cm³/mol. The highest BCUT2D eigenvalue weighted by atomic mass is 35.5. The number of fused-ring (bicyclic) bond motifs is 1. The second-order valence-corrected chi connectivity index (χ2v) is 6.77. The highest BCUT2D eigenvalue weighted by Crippen LogP contribution is 2.36. The van der Waals surface area contributed by atoms with E-state index in [2.05, 4.69) is 5.32 Å². The number of carbonyl (C=O) groups is 1. The van der Waals surface area contributed by atoms with Crippen molar-refractivity contribution in [2.45, 2.75) is 38.1 Å². The van der Waals surface area contributed by atoms with Crippen molar-refractivity contribution in [3.05, 3.63) is 64.2 Å². The minimum Gasteiger partial charge on any atom is -0.508 e. The lowest BCUT2D eigenvalue weighted by atomic mass is 9.76. The zero-order chi connectivity index (χ0) is 17.8. The normalized spacial score (nSPS) is 19.1. The molecule has 0 heterocycles. The second-order valence-electron chi connectivity index (χ2n) is 6.33. The number of nitrogens with one attached hydrogen (secondary N) is 1. The summed E-state index contributed by atoms with van der Waals surface area (Å²) < 4.78 is 5.05. The Hall–Kier alpha value is -2.20. The Labute approximate surface area is 152 Å². The van der Waals surface area contributed by atoms with Gasteiger partial charge in [-0.2, -0.15) is 0 Å². The Morgan fingerprint density at radius 2 is 2.16 bits per heavy atom. The van der Waals surface area contributed by atoms with E-state index in [0.717, 1.165) is 30.4 Å².